The number of carbonyl (C=O) groups excluding carboxylic acids is 1. The van der Waals surface area contributed by atoms with Gasteiger partial charge in [0.1, 0.15) is 17.3 Å². The van der Waals surface area contributed by atoms with Gasteiger partial charge in [0.2, 0.25) is 0 Å². The van der Waals surface area contributed by atoms with Crippen LogP contribution in [0.2, 0.25) is 0 Å². The Kier molecular flexibility index (Phi) is 13.3. The topological polar surface area (TPSA) is 116 Å². The third-order valence-corrected chi connectivity index (χ3v) is 8.61. The molecular formula is C41H50N6O5. The van der Waals surface area contributed by atoms with Gasteiger partial charge in [0.15, 0.2) is 0 Å². The Morgan fingerprint density at radius 2 is 1.27 bits per heavy atom. The Bertz CT molecular complexity index is 1870. The van der Waals surface area contributed by atoms with Crippen molar-refractivity contribution in [1.82, 2.24) is 14.9 Å². The molecule has 1 aromatic heterocycles. The van der Waals surface area contributed by atoms with Crippen molar-refractivity contribution < 1.29 is 23.7 Å². The number of ether oxygens (including phenoxy) is 4. The van der Waals surface area contributed by atoms with Crippen molar-refractivity contribution in [3.63, 3.8) is 0 Å². The predicted octanol–water partition coefficient (Wildman–Crippen LogP) is 5.80. The molecule has 0 fully saturated rings. The maximum Gasteiger partial charge on any atom is 0.251 e. The van der Waals surface area contributed by atoms with E-state index in [9.17, 15) is 4.79 Å². The van der Waals surface area contributed by atoms with Crippen LogP contribution >= 0.6 is 0 Å². The molecule has 1 amide bonds. The van der Waals surface area contributed by atoms with Gasteiger partial charge < -0.3 is 44.4 Å². The molecule has 0 bridgehead atoms. The van der Waals surface area contributed by atoms with Gasteiger partial charge in [-0.1, -0.05) is 36.4 Å². The van der Waals surface area contributed by atoms with Crippen LogP contribution in [0.4, 0.5) is 11.4 Å². The second kappa shape index (κ2) is 18.2. The van der Waals surface area contributed by atoms with E-state index in [4.69, 9.17) is 29.7 Å². The first-order valence-electron chi connectivity index (χ1n) is 17.3. The molecule has 1 heterocycles. The molecule has 5 aromatic rings. The molecule has 0 radical (unpaired) electrons. The third kappa shape index (κ3) is 9.49. The van der Waals surface area contributed by atoms with E-state index >= 15 is 0 Å². The summed E-state index contributed by atoms with van der Waals surface area (Å²) >= 11 is 0. The van der Waals surface area contributed by atoms with Crippen molar-refractivity contribution >= 4 is 17.3 Å². The molecule has 0 saturated carbocycles. The van der Waals surface area contributed by atoms with Gasteiger partial charge in [-0.2, -0.15) is 0 Å². The summed E-state index contributed by atoms with van der Waals surface area (Å²) in [6.07, 6.45) is 0. The van der Waals surface area contributed by atoms with Gasteiger partial charge in [0.05, 0.1) is 52.0 Å². The van der Waals surface area contributed by atoms with Crippen molar-refractivity contribution in [3.05, 3.63) is 102 Å². The summed E-state index contributed by atoms with van der Waals surface area (Å²) in [5.74, 6) is 1.93. The summed E-state index contributed by atoms with van der Waals surface area (Å²) in [6.45, 7) is 3.20. The normalized spacial score (nSPS) is 11.0. The van der Waals surface area contributed by atoms with E-state index in [-0.39, 0.29) is 5.91 Å². The predicted molar refractivity (Wildman–Crippen MR) is 209 cm³/mol. The molecule has 11 nitrogen and oxygen atoms in total. The Morgan fingerprint density at radius 3 is 1.81 bits per heavy atom. The van der Waals surface area contributed by atoms with Gasteiger partial charge in [0.25, 0.3) is 5.91 Å². The quantitative estimate of drug-likeness (QED) is 0.109. The molecule has 3 N–H and O–H groups in total. The van der Waals surface area contributed by atoms with Gasteiger partial charge >= 0.3 is 0 Å². The minimum absolute atomic E-state index is 0.161. The lowest BCUT2D eigenvalue weighted by Gasteiger charge is -2.17. The van der Waals surface area contributed by atoms with Crippen LogP contribution < -0.4 is 30.3 Å². The highest BCUT2D eigenvalue weighted by molar-refractivity contribution is 5.94. The van der Waals surface area contributed by atoms with Crippen molar-refractivity contribution in [2.75, 3.05) is 91.7 Å². The number of hydrogen-bond acceptors (Lipinski definition) is 9. The summed E-state index contributed by atoms with van der Waals surface area (Å²) in [5.41, 5.74) is 13.9. The van der Waals surface area contributed by atoms with Gasteiger partial charge in [0, 0.05) is 87.5 Å². The zero-order valence-corrected chi connectivity index (χ0v) is 31.0. The van der Waals surface area contributed by atoms with Crippen molar-refractivity contribution in [2.45, 2.75) is 6.54 Å². The molecule has 274 valence electrons. The number of amides is 1. The minimum atomic E-state index is -0.161. The van der Waals surface area contributed by atoms with Crippen molar-refractivity contribution in [2.24, 2.45) is 5.73 Å². The van der Waals surface area contributed by atoms with E-state index < -0.39 is 0 Å². The number of hydrogen-bond donors (Lipinski definition) is 2. The van der Waals surface area contributed by atoms with E-state index in [1.54, 1.807) is 14.2 Å². The zero-order valence-electron chi connectivity index (χ0n) is 31.0. The first-order chi connectivity index (χ1) is 25.2. The summed E-state index contributed by atoms with van der Waals surface area (Å²) in [6, 6.07) is 30.4. The molecule has 0 unspecified atom stereocenters. The fourth-order valence-corrected chi connectivity index (χ4v) is 5.78. The lowest BCUT2D eigenvalue weighted by Crippen LogP contribution is -2.27. The van der Waals surface area contributed by atoms with E-state index in [1.807, 2.05) is 70.7 Å². The summed E-state index contributed by atoms with van der Waals surface area (Å²) < 4.78 is 24.4. The van der Waals surface area contributed by atoms with Crippen LogP contribution in [0, 0.1) is 0 Å². The average molecular weight is 707 g/mol. The van der Waals surface area contributed by atoms with E-state index in [1.165, 1.54) is 0 Å². The molecule has 0 aliphatic heterocycles. The van der Waals surface area contributed by atoms with E-state index in [0.29, 0.717) is 63.1 Å². The fourth-order valence-electron chi connectivity index (χ4n) is 5.78. The highest BCUT2D eigenvalue weighted by atomic mass is 16.5. The molecule has 0 aliphatic carbocycles. The molecular weight excluding hydrogens is 656 g/mol. The molecule has 52 heavy (non-hydrogen) atoms. The summed E-state index contributed by atoms with van der Waals surface area (Å²) in [7, 11) is 11.4. The fraction of sp³-hybridized carbons (Fsp3) is 0.317. The monoisotopic (exact) mass is 706 g/mol. The van der Waals surface area contributed by atoms with E-state index in [2.05, 4.69) is 68.2 Å². The number of nitrogens with one attached hydrogen (secondary N) is 1. The maximum absolute atomic E-state index is 12.9. The zero-order chi connectivity index (χ0) is 37.0. The first-order valence-corrected chi connectivity index (χ1v) is 17.3. The highest BCUT2D eigenvalue weighted by Crippen LogP contribution is 2.39. The second-order valence-corrected chi connectivity index (χ2v) is 12.7. The van der Waals surface area contributed by atoms with Gasteiger partial charge in [-0.25, -0.2) is 4.98 Å². The van der Waals surface area contributed by atoms with Crippen LogP contribution in [0.1, 0.15) is 15.9 Å². The molecule has 0 saturated heterocycles. The van der Waals surface area contributed by atoms with E-state index in [0.717, 1.165) is 50.8 Å². The smallest absolute Gasteiger partial charge is 0.251 e. The maximum atomic E-state index is 12.9. The largest absolute Gasteiger partial charge is 0.497 e. The standard InChI is InChI=1S/C41H50N6O5/c1-45(2)34-15-11-30(12-16-34)38-39(31-13-17-35(18-14-31)46(3)4)47(40(44-38)33-25-36(49-5)27-37(26-33)50-6)28-29-7-9-32(10-8-29)41(48)43-20-22-52-24-23-51-21-19-42/h7-18,25-27H,19-24,28,42H2,1-6H3,(H,43,48). The number of nitrogens with zero attached hydrogens (tertiary/aromatic N) is 4. The lowest BCUT2D eigenvalue weighted by molar-refractivity contribution is 0.0511. The molecule has 0 spiro atoms. The van der Waals surface area contributed by atoms with Crippen LogP contribution in [0.15, 0.2) is 91.0 Å². The average Bonchev–Trinajstić information content (AvgIpc) is 3.54. The van der Waals surface area contributed by atoms with Gasteiger partial charge in [-0.3, -0.25) is 4.79 Å². The Labute approximate surface area is 306 Å². The lowest BCUT2D eigenvalue weighted by atomic mass is 10.0. The molecule has 0 atom stereocenters. The third-order valence-electron chi connectivity index (χ3n) is 8.61. The summed E-state index contributed by atoms with van der Waals surface area (Å²) in [4.78, 5) is 22.5. The van der Waals surface area contributed by atoms with Crippen LogP contribution in [-0.2, 0) is 16.0 Å². The summed E-state index contributed by atoms with van der Waals surface area (Å²) in [5, 5.41) is 2.93. The number of rotatable bonds is 18. The minimum Gasteiger partial charge on any atom is -0.497 e. The van der Waals surface area contributed by atoms with Gasteiger partial charge in [-0.15, -0.1) is 0 Å². The molecule has 0 aliphatic rings. The first kappa shape index (κ1) is 37.9. The SMILES string of the molecule is COc1cc(OC)cc(-c2nc(-c3ccc(N(C)C)cc3)c(-c3ccc(N(C)C)cc3)n2Cc2ccc(C(=O)NCCOCCOCCN)cc2)c1. The van der Waals surface area contributed by atoms with Crippen LogP contribution in [0.3, 0.4) is 0 Å². The number of nitrogens with two attached hydrogens (primary N) is 1. The highest BCUT2D eigenvalue weighted by Gasteiger charge is 2.23. The molecule has 4 aromatic carbocycles. The van der Waals surface area contributed by atoms with Crippen molar-refractivity contribution in [1.29, 1.82) is 0 Å². The number of benzene rings is 4. The van der Waals surface area contributed by atoms with Gasteiger partial charge in [-0.05, 0) is 54.1 Å². The number of aromatic nitrogens is 2. The van der Waals surface area contributed by atoms with Crippen LogP contribution in [0.25, 0.3) is 33.9 Å². The van der Waals surface area contributed by atoms with Crippen LogP contribution in [0.5, 0.6) is 11.5 Å². The molecule has 11 heteroatoms. The molecule has 5 rings (SSSR count). The Morgan fingerprint density at radius 1 is 0.712 bits per heavy atom. The number of anilines is 2. The Balaban J connectivity index is 1.53. The second-order valence-electron chi connectivity index (χ2n) is 12.7. The van der Waals surface area contributed by atoms with Crippen LogP contribution in [-0.4, -0.2) is 97.4 Å². The number of carbonyl (C=O) groups is 1. The number of methoxy groups -OCH3 is 2. The van der Waals surface area contributed by atoms with Crippen molar-refractivity contribution in [3.8, 4) is 45.4 Å². The number of imidazole rings is 1. The Hall–Kier alpha value is -5.36.